The average molecular weight is 228 g/mol. The molecule has 5 nitrogen and oxygen atoms in total. The van der Waals surface area contributed by atoms with Crippen LogP contribution in [0.15, 0.2) is 16.5 Å². The summed E-state index contributed by atoms with van der Waals surface area (Å²) in [4.78, 5) is 10.7. The molecule has 0 bridgehead atoms. The number of hydrogen-bond donors (Lipinski definition) is 2. The minimum Gasteiger partial charge on any atom is -0.475 e. The number of aliphatic hydroxyl groups is 1. The zero-order valence-corrected chi connectivity index (χ0v) is 9.56. The van der Waals surface area contributed by atoms with Gasteiger partial charge in [0.05, 0.1) is 6.61 Å². The fourth-order valence-electron chi connectivity index (χ4n) is 1.43. The summed E-state index contributed by atoms with van der Waals surface area (Å²) in [5.41, 5.74) is -1.30. The lowest BCUT2D eigenvalue weighted by Gasteiger charge is -2.29. The summed E-state index contributed by atoms with van der Waals surface area (Å²) < 4.78 is 10.0. The van der Waals surface area contributed by atoms with E-state index in [0.29, 0.717) is 0 Å². The molecule has 0 aromatic carbocycles. The number of rotatable bonds is 5. The molecular weight excluding hydrogens is 212 g/mol. The van der Waals surface area contributed by atoms with Gasteiger partial charge in [-0.1, -0.05) is 13.8 Å². The second kappa shape index (κ2) is 4.67. The first-order valence-electron chi connectivity index (χ1n) is 4.96. The van der Waals surface area contributed by atoms with Gasteiger partial charge in [-0.15, -0.1) is 0 Å². The Hall–Kier alpha value is -1.33. The Kier molecular flexibility index (Phi) is 3.72. The van der Waals surface area contributed by atoms with Gasteiger partial charge in [0.15, 0.2) is 0 Å². The molecule has 0 amide bonds. The molecule has 1 heterocycles. The van der Waals surface area contributed by atoms with E-state index >= 15 is 0 Å². The quantitative estimate of drug-likeness (QED) is 0.797. The van der Waals surface area contributed by atoms with Crippen LogP contribution in [0.3, 0.4) is 0 Å². The van der Waals surface area contributed by atoms with Crippen LogP contribution in [0.1, 0.15) is 30.2 Å². The van der Waals surface area contributed by atoms with Crippen LogP contribution in [0.5, 0.6) is 0 Å². The molecule has 90 valence electrons. The van der Waals surface area contributed by atoms with E-state index in [-0.39, 0.29) is 24.0 Å². The van der Waals surface area contributed by atoms with Gasteiger partial charge >= 0.3 is 5.97 Å². The van der Waals surface area contributed by atoms with Gasteiger partial charge in [0.2, 0.25) is 5.76 Å². The Labute approximate surface area is 93.6 Å². The summed E-state index contributed by atoms with van der Waals surface area (Å²) in [5.74, 6) is -1.29. The van der Waals surface area contributed by atoms with Crippen molar-refractivity contribution >= 4 is 5.97 Å². The molecule has 0 aliphatic rings. The van der Waals surface area contributed by atoms with E-state index in [9.17, 15) is 9.90 Å². The second-order valence-corrected chi connectivity index (χ2v) is 3.98. The van der Waals surface area contributed by atoms with Crippen molar-refractivity contribution in [2.24, 2.45) is 5.92 Å². The van der Waals surface area contributed by atoms with Gasteiger partial charge < -0.3 is 19.4 Å². The first-order chi connectivity index (χ1) is 7.41. The molecule has 0 fully saturated rings. The lowest BCUT2D eigenvalue weighted by Crippen LogP contribution is -2.36. The standard InChI is InChI=1S/C11H16O5/c1-7(2)11(14,6-15-3)9-5-4-8(16-9)10(12)13/h4-5,7,14H,6H2,1-3H3,(H,12,13). The molecule has 0 saturated carbocycles. The number of ether oxygens (including phenoxy) is 1. The monoisotopic (exact) mass is 228 g/mol. The van der Waals surface area contributed by atoms with Crippen molar-refractivity contribution in [2.75, 3.05) is 13.7 Å². The minimum atomic E-state index is -1.30. The fourth-order valence-corrected chi connectivity index (χ4v) is 1.43. The zero-order chi connectivity index (χ0) is 12.3. The Bertz CT molecular complexity index is 368. The Morgan fingerprint density at radius 3 is 2.56 bits per heavy atom. The molecule has 1 aromatic rings. The van der Waals surface area contributed by atoms with Crippen molar-refractivity contribution < 1.29 is 24.2 Å². The van der Waals surface area contributed by atoms with Crippen molar-refractivity contribution in [3.8, 4) is 0 Å². The highest BCUT2D eigenvalue weighted by atomic mass is 16.5. The van der Waals surface area contributed by atoms with Crippen molar-refractivity contribution in [3.05, 3.63) is 23.7 Å². The van der Waals surface area contributed by atoms with Crippen LogP contribution >= 0.6 is 0 Å². The van der Waals surface area contributed by atoms with Crippen LogP contribution in [-0.4, -0.2) is 29.9 Å². The molecular formula is C11H16O5. The van der Waals surface area contributed by atoms with Crippen LogP contribution in [0.4, 0.5) is 0 Å². The summed E-state index contributed by atoms with van der Waals surface area (Å²) in [6, 6.07) is 2.78. The van der Waals surface area contributed by atoms with Crippen molar-refractivity contribution in [1.29, 1.82) is 0 Å². The van der Waals surface area contributed by atoms with Crippen molar-refractivity contribution in [1.82, 2.24) is 0 Å². The average Bonchev–Trinajstić information content (AvgIpc) is 2.66. The maximum Gasteiger partial charge on any atom is 0.371 e. The molecule has 5 heteroatoms. The highest BCUT2D eigenvalue weighted by molar-refractivity contribution is 5.84. The number of furan rings is 1. The molecule has 0 saturated heterocycles. The lowest BCUT2D eigenvalue weighted by molar-refractivity contribution is -0.0845. The fraction of sp³-hybridized carbons (Fsp3) is 0.545. The van der Waals surface area contributed by atoms with E-state index in [2.05, 4.69) is 0 Å². The molecule has 1 rings (SSSR count). The molecule has 2 N–H and O–H groups in total. The summed E-state index contributed by atoms with van der Waals surface area (Å²) in [5, 5.41) is 19.1. The summed E-state index contributed by atoms with van der Waals surface area (Å²) in [7, 11) is 1.47. The number of carboxylic acid groups (broad SMARTS) is 1. The first kappa shape index (κ1) is 12.7. The number of hydrogen-bond acceptors (Lipinski definition) is 4. The maximum atomic E-state index is 10.7. The Morgan fingerprint density at radius 2 is 2.19 bits per heavy atom. The smallest absolute Gasteiger partial charge is 0.371 e. The summed E-state index contributed by atoms with van der Waals surface area (Å²) in [6.07, 6.45) is 0. The third-order valence-electron chi connectivity index (χ3n) is 2.56. The highest BCUT2D eigenvalue weighted by Crippen LogP contribution is 2.31. The maximum absolute atomic E-state index is 10.7. The molecule has 0 aliphatic carbocycles. The second-order valence-electron chi connectivity index (χ2n) is 3.98. The van der Waals surface area contributed by atoms with Crippen molar-refractivity contribution in [2.45, 2.75) is 19.4 Å². The number of methoxy groups -OCH3 is 1. The van der Waals surface area contributed by atoms with Gasteiger partial charge in [-0.05, 0) is 18.1 Å². The number of carboxylic acids is 1. The molecule has 1 unspecified atom stereocenters. The Morgan fingerprint density at radius 1 is 1.56 bits per heavy atom. The number of carbonyl (C=O) groups is 1. The van der Waals surface area contributed by atoms with Crippen LogP contribution in [0.2, 0.25) is 0 Å². The molecule has 1 atom stereocenters. The van der Waals surface area contributed by atoms with Gasteiger partial charge in [0.1, 0.15) is 11.4 Å². The zero-order valence-electron chi connectivity index (χ0n) is 9.56. The molecule has 0 aliphatic heterocycles. The van der Waals surface area contributed by atoms with Gasteiger partial charge in [-0.3, -0.25) is 0 Å². The van der Waals surface area contributed by atoms with E-state index in [1.165, 1.54) is 19.2 Å². The van der Waals surface area contributed by atoms with Gasteiger partial charge in [0, 0.05) is 7.11 Å². The van der Waals surface area contributed by atoms with Crippen molar-refractivity contribution in [3.63, 3.8) is 0 Å². The third kappa shape index (κ3) is 2.25. The summed E-state index contributed by atoms with van der Waals surface area (Å²) >= 11 is 0. The number of aromatic carboxylic acids is 1. The Balaban J connectivity index is 3.06. The summed E-state index contributed by atoms with van der Waals surface area (Å²) in [6.45, 7) is 3.67. The van der Waals surface area contributed by atoms with E-state index in [4.69, 9.17) is 14.3 Å². The van der Waals surface area contributed by atoms with E-state index in [1.54, 1.807) is 0 Å². The van der Waals surface area contributed by atoms with Gasteiger partial charge in [-0.2, -0.15) is 0 Å². The van der Waals surface area contributed by atoms with Crippen LogP contribution < -0.4 is 0 Å². The van der Waals surface area contributed by atoms with Crippen LogP contribution in [0.25, 0.3) is 0 Å². The predicted octanol–water partition coefficient (Wildman–Crippen LogP) is 1.47. The molecule has 1 aromatic heterocycles. The first-order valence-corrected chi connectivity index (χ1v) is 4.96. The van der Waals surface area contributed by atoms with E-state index in [1.807, 2.05) is 13.8 Å². The predicted molar refractivity (Wildman–Crippen MR) is 56.3 cm³/mol. The molecule has 0 radical (unpaired) electrons. The van der Waals surface area contributed by atoms with Crippen LogP contribution in [-0.2, 0) is 10.3 Å². The van der Waals surface area contributed by atoms with E-state index in [0.717, 1.165) is 0 Å². The SMILES string of the molecule is COCC(O)(c1ccc(C(=O)O)o1)C(C)C. The molecule has 0 spiro atoms. The topological polar surface area (TPSA) is 79.9 Å². The molecule has 16 heavy (non-hydrogen) atoms. The lowest BCUT2D eigenvalue weighted by atomic mass is 9.89. The highest BCUT2D eigenvalue weighted by Gasteiger charge is 2.37. The minimum absolute atomic E-state index is 0.0528. The largest absolute Gasteiger partial charge is 0.475 e. The third-order valence-corrected chi connectivity index (χ3v) is 2.56. The van der Waals surface area contributed by atoms with Gasteiger partial charge in [0.25, 0.3) is 0 Å². The van der Waals surface area contributed by atoms with Gasteiger partial charge in [-0.25, -0.2) is 4.79 Å². The van der Waals surface area contributed by atoms with Crippen LogP contribution in [0, 0.1) is 5.92 Å². The van der Waals surface area contributed by atoms with E-state index < -0.39 is 11.6 Å². The normalized spacial score (nSPS) is 15.1.